The van der Waals surface area contributed by atoms with E-state index >= 15 is 0 Å². The maximum atomic E-state index is 12.5. The van der Waals surface area contributed by atoms with E-state index in [9.17, 15) is 18.3 Å². The lowest BCUT2D eigenvalue weighted by atomic mass is 9.94. The van der Waals surface area contributed by atoms with Crippen LogP contribution in [0.25, 0.3) is 0 Å². The molecular weight excluding hydrogens is 397 g/mol. The molecule has 2 N–H and O–H groups in total. The van der Waals surface area contributed by atoms with E-state index in [4.69, 9.17) is 16.3 Å². The monoisotopic (exact) mass is 416 g/mol. The van der Waals surface area contributed by atoms with Crippen molar-refractivity contribution in [2.24, 2.45) is 0 Å². The summed E-state index contributed by atoms with van der Waals surface area (Å²) < 4.78 is 46.7. The molecule has 1 aliphatic heterocycles. The van der Waals surface area contributed by atoms with Crippen molar-refractivity contribution >= 4 is 11.6 Å². The third kappa shape index (κ3) is 4.63. The van der Waals surface area contributed by atoms with Crippen LogP contribution in [0.5, 0.6) is 17.2 Å². The molecule has 3 rings (SSSR count). The van der Waals surface area contributed by atoms with Gasteiger partial charge in [0.25, 0.3) is 0 Å². The molecule has 1 saturated heterocycles. The second-order valence-corrected chi connectivity index (χ2v) is 6.72. The van der Waals surface area contributed by atoms with Crippen molar-refractivity contribution in [1.82, 2.24) is 10.2 Å². The minimum absolute atomic E-state index is 0.111. The van der Waals surface area contributed by atoms with Gasteiger partial charge in [-0.3, -0.25) is 4.90 Å². The number of phenolic OH excluding ortho intramolecular Hbond substituents is 1. The van der Waals surface area contributed by atoms with Crippen molar-refractivity contribution in [2.75, 3.05) is 33.3 Å². The number of aromatic hydroxyl groups is 1. The van der Waals surface area contributed by atoms with Gasteiger partial charge >= 0.3 is 6.36 Å². The van der Waals surface area contributed by atoms with Gasteiger partial charge in [-0.15, -0.1) is 13.2 Å². The van der Waals surface area contributed by atoms with Gasteiger partial charge in [-0.2, -0.15) is 0 Å². The van der Waals surface area contributed by atoms with E-state index in [0.29, 0.717) is 30.0 Å². The standard InChI is InChI=1S/C19H20ClF3N2O3/c1-27-15-7-6-14(20)18(26)16(15)17(25-10-8-24-9-11-25)12-2-4-13(5-3-12)28-19(21,22)23/h2-7,17,24,26H,8-11H2,1H3/t17-/m0/s1. The topological polar surface area (TPSA) is 54.0 Å². The lowest BCUT2D eigenvalue weighted by Crippen LogP contribution is -2.45. The molecule has 152 valence electrons. The van der Waals surface area contributed by atoms with Gasteiger partial charge in [-0.05, 0) is 29.8 Å². The number of rotatable bonds is 5. The summed E-state index contributed by atoms with van der Waals surface area (Å²) in [4.78, 5) is 2.12. The first-order chi connectivity index (χ1) is 13.3. The lowest BCUT2D eigenvalue weighted by Gasteiger charge is -2.36. The van der Waals surface area contributed by atoms with Crippen molar-refractivity contribution in [3.8, 4) is 17.2 Å². The Hall–Kier alpha value is -2.16. The first-order valence-electron chi connectivity index (χ1n) is 8.66. The second kappa shape index (κ2) is 8.46. The Balaban J connectivity index is 2.05. The summed E-state index contributed by atoms with van der Waals surface area (Å²) in [5, 5.41) is 14.1. The van der Waals surface area contributed by atoms with E-state index in [1.807, 2.05) is 0 Å². The number of methoxy groups -OCH3 is 1. The molecule has 0 saturated carbocycles. The second-order valence-electron chi connectivity index (χ2n) is 6.32. The normalized spacial score (nSPS) is 16.6. The molecule has 28 heavy (non-hydrogen) atoms. The molecule has 2 aromatic rings. The molecule has 0 amide bonds. The molecule has 0 bridgehead atoms. The quantitative estimate of drug-likeness (QED) is 0.773. The van der Waals surface area contributed by atoms with E-state index in [0.717, 1.165) is 13.1 Å². The summed E-state index contributed by atoms with van der Waals surface area (Å²) in [6.07, 6.45) is -4.76. The van der Waals surface area contributed by atoms with Crippen molar-refractivity contribution < 1.29 is 27.8 Å². The highest BCUT2D eigenvalue weighted by Crippen LogP contribution is 2.44. The molecule has 1 aliphatic rings. The predicted molar refractivity (Wildman–Crippen MR) is 99.1 cm³/mol. The SMILES string of the molecule is COc1ccc(Cl)c(O)c1[C@H](c1ccc(OC(F)(F)F)cc1)N1CCNCC1. The molecular formula is C19H20ClF3N2O3. The Bertz CT molecular complexity index is 809. The number of alkyl halides is 3. The molecule has 1 fully saturated rings. The van der Waals surface area contributed by atoms with Gasteiger partial charge in [0.1, 0.15) is 17.2 Å². The highest BCUT2D eigenvalue weighted by molar-refractivity contribution is 6.32. The molecule has 2 aromatic carbocycles. The van der Waals surface area contributed by atoms with Gasteiger partial charge in [0.05, 0.1) is 23.7 Å². The van der Waals surface area contributed by atoms with Crippen molar-refractivity contribution in [3.63, 3.8) is 0 Å². The van der Waals surface area contributed by atoms with Crippen LogP contribution in [0.2, 0.25) is 5.02 Å². The van der Waals surface area contributed by atoms with Gasteiger partial charge in [-0.25, -0.2) is 0 Å². The predicted octanol–water partition coefficient (Wildman–Crippen LogP) is 3.95. The van der Waals surface area contributed by atoms with Crippen molar-refractivity contribution in [1.29, 1.82) is 0 Å². The van der Waals surface area contributed by atoms with Gasteiger partial charge in [0.2, 0.25) is 0 Å². The molecule has 0 radical (unpaired) electrons. The molecule has 0 spiro atoms. The van der Waals surface area contributed by atoms with Crippen LogP contribution in [-0.2, 0) is 0 Å². The van der Waals surface area contributed by atoms with Crippen LogP contribution in [0.3, 0.4) is 0 Å². The number of nitrogens with one attached hydrogen (secondary N) is 1. The van der Waals surface area contributed by atoms with Crippen LogP contribution in [0.15, 0.2) is 36.4 Å². The van der Waals surface area contributed by atoms with E-state index in [1.165, 1.54) is 25.3 Å². The fourth-order valence-electron chi connectivity index (χ4n) is 3.36. The number of phenols is 1. The van der Waals surface area contributed by atoms with Gasteiger partial charge < -0.3 is 19.9 Å². The highest BCUT2D eigenvalue weighted by Gasteiger charge is 2.32. The van der Waals surface area contributed by atoms with E-state index in [2.05, 4.69) is 15.0 Å². The largest absolute Gasteiger partial charge is 0.573 e. The zero-order valence-corrected chi connectivity index (χ0v) is 15.8. The number of benzene rings is 2. The Morgan fingerprint density at radius 2 is 1.75 bits per heavy atom. The molecule has 0 aromatic heterocycles. The van der Waals surface area contributed by atoms with Crippen LogP contribution >= 0.6 is 11.6 Å². The Morgan fingerprint density at radius 1 is 1.11 bits per heavy atom. The average Bonchev–Trinajstić information content (AvgIpc) is 2.66. The first-order valence-corrected chi connectivity index (χ1v) is 9.04. The number of nitrogens with zero attached hydrogens (tertiary/aromatic N) is 1. The smallest absolute Gasteiger partial charge is 0.506 e. The number of hydrogen-bond donors (Lipinski definition) is 2. The Morgan fingerprint density at radius 3 is 2.32 bits per heavy atom. The molecule has 0 unspecified atom stereocenters. The summed E-state index contributed by atoms with van der Waals surface area (Å²) in [5.74, 6) is 0.0267. The van der Waals surface area contributed by atoms with E-state index in [-0.39, 0.29) is 16.5 Å². The van der Waals surface area contributed by atoms with Crippen LogP contribution in [-0.4, -0.2) is 49.7 Å². The number of hydrogen-bond acceptors (Lipinski definition) is 5. The first kappa shape index (κ1) is 20.6. The van der Waals surface area contributed by atoms with Gasteiger partial charge in [0, 0.05) is 26.2 Å². The fourth-order valence-corrected chi connectivity index (χ4v) is 3.52. The summed E-state index contributed by atoms with van der Waals surface area (Å²) >= 11 is 6.13. The lowest BCUT2D eigenvalue weighted by molar-refractivity contribution is -0.274. The molecule has 1 heterocycles. The maximum Gasteiger partial charge on any atom is 0.573 e. The molecule has 1 atom stereocenters. The summed E-state index contributed by atoms with van der Waals surface area (Å²) in [6, 6.07) is 8.36. The van der Waals surface area contributed by atoms with E-state index < -0.39 is 12.4 Å². The third-order valence-electron chi connectivity index (χ3n) is 4.57. The molecule has 0 aliphatic carbocycles. The number of halogens is 4. The van der Waals surface area contributed by atoms with Crippen molar-refractivity contribution in [2.45, 2.75) is 12.4 Å². The summed E-state index contributed by atoms with van der Waals surface area (Å²) in [7, 11) is 1.49. The Labute approximate surface area is 165 Å². The van der Waals surface area contributed by atoms with Crippen LogP contribution in [0.1, 0.15) is 17.2 Å². The van der Waals surface area contributed by atoms with Crippen LogP contribution < -0.4 is 14.8 Å². The summed E-state index contributed by atoms with van der Waals surface area (Å²) in [5.41, 5.74) is 1.16. The van der Waals surface area contributed by atoms with Crippen molar-refractivity contribution in [3.05, 3.63) is 52.5 Å². The van der Waals surface area contributed by atoms with Gasteiger partial charge in [-0.1, -0.05) is 23.7 Å². The Kier molecular flexibility index (Phi) is 6.22. The molecule has 5 nitrogen and oxygen atoms in total. The maximum absolute atomic E-state index is 12.5. The summed E-state index contributed by atoms with van der Waals surface area (Å²) in [6.45, 7) is 2.85. The van der Waals surface area contributed by atoms with Crippen LogP contribution in [0.4, 0.5) is 13.2 Å². The third-order valence-corrected chi connectivity index (χ3v) is 4.87. The average molecular weight is 417 g/mol. The zero-order valence-electron chi connectivity index (χ0n) is 15.1. The fraction of sp³-hybridized carbons (Fsp3) is 0.368. The van der Waals surface area contributed by atoms with Gasteiger partial charge in [0.15, 0.2) is 0 Å². The number of piperazine rings is 1. The van der Waals surface area contributed by atoms with Crippen LogP contribution in [0, 0.1) is 0 Å². The van der Waals surface area contributed by atoms with E-state index in [1.54, 1.807) is 18.2 Å². The number of ether oxygens (including phenoxy) is 2. The molecule has 9 heteroatoms. The minimum atomic E-state index is -4.76. The zero-order chi connectivity index (χ0) is 20.3. The minimum Gasteiger partial charge on any atom is -0.506 e. The highest BCUT2D eigenvalue weighted by atomic mass is 35.5.